The van der Waals surface area contributed by atoms with E-state index in [1.165, 1.54) is 5.56 Å². The molecule has 1 aliphatic rings. The number of nitrogens with one attached hydrogen (secondary N) is 1. The average molecular weight is 269 g/mol. The molecule has 0 fully saturated rings. The van der Waals surface area contributed by atoms with Crippen LogP contribution in [0.3, 0.4) is 0 Å². The summed E-state index contributed by atoms with van der Waals surface area (Å²) in [5.74, 6) is 1.55. The lowest BCUT2D eigenvalue weighted by atomic mass is 10.0. The van der Waals surface area contributed by atoms with Gasteiger partial charge < -0.3 is 15.2 Å². The summed E-state index contributed by atoms with van der Waals surface area (Å²) in [6, 6.07) is 13.9. The van der Waals surface area contributed by atoms with Crippen molar-refractivity contribution >= 4 is 5.69 Å². The molecule has 0 aromatic heterocycles. The van der Waals surface area contributed by atoms with Crippen molar-refractivity contribution in [1.82, 2.24) is 0 Å². The smallest absolute Gasteiger partial charge is 0.128 e. The van der Waals surface area contributed by atoms with E-state index >= 15 is 0 Å². The van der Waals surface area contributed by atoms with E-state index in [9.17, 15) is 5.11 Å². The summed E-state index contributed by atoms with van der Waals surface area (Å²) >= 11 is 0. The molecule has 0 bridgehead atoms. The Morgan fingerprint density at radius 1 is 1.15 bits per heavy atom. The number of fused-ring (bicyclic) bond motifs is 1. The molecule has 0 amide bonds. The number of hydrogen-bond acceptors (Lipinski definition) is 3. The monoisotopic (exact) mass is 269 g/mol. The molecule has 0 spiro atoms. The van der Waals surface area contributed by atoms with Gasteiger partial charge in [0.15, 0.2) is 0 Å². The largest absolute Gasteiger partial charge is 0.508 e. The zero-order valence-electron chi connectivity index (χ0n) is 11.8. The minimum Gasteiger partial charge on any atom is -0.508 e. The lowest BCUT2D eigenvalue weighted by Gasteiger charge is -2.14. The SMILES string of the molecule is CC(C)c1ccc(NC2COc3cc(O)ccc32)cc1. The van der Waals surface area contributed by atoms with Crippen LogP contribution < -0.4 is 10.1 Å². The first kappa shape index (κ1) is 12.9. The van der Waals surface area contributed by atoms with Crippen molar-refractivity contribution in [3.63, 3.8) is 0 Å². The molecule has 3 heteroatoms. The first-order valence-corrected chi connectivity index (χ1v) is 6.95. The first-order chi connectivity index (χ1) is 9.63. The second-order valence-electron chi connectivity index (χ2n) is 5.51. The van der Waals surface area contributed by atoms with Crippen LogP contribution in [0.2, 0.25) is 0 Å². The lowest BCUT2D eigenvalue weighted by Crippen LogP contribution is -2.11. The van der Waals surface area contributed by atoms with E-state index in [-0.39, 0.29) is 11.8 Å². The summed E-state index contributed by atoms with van der Waals surface area (Å²) in [6.45, 7) is 4.97. The Morgan fingerprint density at radius 3 is 2.60 bits per heavy atom. The number of aromatic hydroxyl groups is 1. The summed E-state index contributed by atoms with van der Waals surface area (Å²) in [6.07, 6.45) is 0. The van der Waals surface area contributed by atoms with E-state index in [2.05, 4.69) is 43.4 Å². The molecule has 0 saturated carbocycles. The third-order valence-corrected chi connectivity index (χ3v) is 3.70. The van der Waals surface area contributed by atoms with E-state index in [0.717, 1.165) is 17.0 Å². The molecule has 104 valence electrons. The molecule has 1 unspecified atom stereocenters. The van der Waals surface area contributed by atoms with Crippen LogP contribution in [0.1, 0.15) is 36.9 Å². The molecule has 0 saturated heterocycles. The molecule has 2 aromatic rings. The zero-order valence-corrected chi connectivity index (χ0v) is 11.8. The maximum absolute atomic E-state index is 9.45. The Kier molecular flexibility index (Phi) is 3.26. The van der Waals surface area contributed by atoms with Gasteiger partial charge in [-0.1, -0.05) is 26.0 Å². The fourth-order valence-electron chi connectivity index (χ4n) is 2.48. The van der Waals surface area contributed by atoms with Crippen molar-refractivity contribution in [2.45, 2.75) is 25.8 Å². The Morgan fingerprint density at radius 2 is 1.90 bits per heavy atom. The van der Waals surface area contributed by atoms with Gasteiger partial charge in [0.2, 0.25) is 0 Å². The van der Waals surface area contributed by atoms with Crippen LogP contribution in [0.25, 0.3) is 0 Å². The Bertz CT molecular complexity index is 605. The van der Waals surface area contributed by atoms with Gasteiger partial charge in [-0.2, -0.15) is 0 Å². The molecule has 0 aliphatic carbocycles. The highest BCUT2D eigenvalue weighted by Crippen LogP contribution is 2.36. The molecule has 2 aromatic carbocycles. The zero-order chi connectivity index (χ0) is 14.1. The standard InChI is InChI=1S/C17H19NO2/c1-11(2)12-3-5-13(6-4-12)18-16-10-20-17-9-14(19)7-8-15(16)17/h3-9,11,16,18-19H,10H2,1-2H3. The predicted molar refractivity (Wildman–Crippen MR) is 80.5 cm³/mol. The third-order valence-electron chi connectivity index (χ3n) is 3.70. The molecule has 20 heavy (non-hydrogen) atoms. The number of phenols is 1. The number of benzene rings is 2. The average Bonchev–Trinajstić information content (AvgIpc) is 2.81. The minimum atomic E-state index is 0.135. The summed E-state index contributed by atoms with van der Waals surface area (Å²) < 4.78 is 5.60. The van der Waals surface area contributed by atoms with Crippen molar-refractivity contribution in [2.75, 3.05) is 11.9 Å². The maximum Gasteiger partial charge on any atom is 0.128 e. The molecular weight excluding hydrogens is 250 g/mol. The van der Waals surface area contributed by atoms with Crippen LogP contribution in [-0.4, -0.2) is 11.7 Å². The number of phenolic OH excluding ortho intramolecular Hbond substituents is 1. The second-order valence-corrected chi connectivity index (χ2v) is 5.51. The van der Waals surface area contributed by atoms with Crippen molar-refractivity contribution in [3.05, 3.63) is 53.6 Å². The van der Waals surface area contributed by atoms with Gasteiger partial charge in [-0.15, -0.1) is 0 Å². The molecule has 2 N–H and O–H groups in total. The van der Waals surface area contributed by atoms with Gasteiger partial charge in [0, 0.05) is 17.3 Å². The highest BCUT2D eigenvalue weighted by atomic mass is 16.5. The fraction of sp³-hybridized carbons (Fsp3) is 0.294. The number of rotatable bonds is 3. The molecule has 1 aliphatic heterocycles. The minimum absolute atomic E-state index is 0.135. The quantitative estimate of drug-likeness (QED) is 0.882. The molecular formula is C17H19NO2. The van der Waals surface area contributed by atoms with E-state index in [1.54, 1.807) is 12.1 Å². The summed E-state index contributed by atoms with van der Waals surface area (Å²) in [7, 11) is 0. The topological polar surface area (TPSA) is 41.5 Å². The van der Waals surface area contributed by atoms with Gasteiger partial charge >= 0.3 is 0 Å². The summed E-state index contributed by atoms with van der Waals surface area (Å²) in [5.41, 5.74) is 3.52. The molecule has 1 atom stereocenters. The second kappa shape index (κ2) is 5.08. The number of ether oxygens (including phenoxy) is 1. The van der Waals surface area contributed by atoms with Gasteiger partial charge in [0.05, 0.1) is 6.04 Å². The molecule has 0 radical (unpaired) electrons. The lowest BCUT2D eigenvalue weighted by molar-refractivity contribution is 0.338. The van der Waals surface area contributed by atoms with Crippen molar-refractivity contribution in [3.8, 4) is 11.5 Å². The van der Waals surface area contributed by atoms with Gasteiger partial charge in [-0.25, -0.2) is 0 Å². The normalized spacial score (nSPS) is 16.9. The highest BCUT2D eigenvalue weighted by molar-refractivity contribution is 5.52. The summed E-state index contributed by atoms with van der Waals surface area (Å²) in [5, 5.41) is 12.9. The van der Waals surface area contributed by atoms with Gasteiger partial charge in [0.1, 0.15) is 18.1 Å². The summed E-state index contributed by atoms with van der Waals surface area (Å²) in [4.78, 5) is 0. The van der Waals surface area contributed by atoms with Crippen molar-refractivity contribution in [2.24, 2.45) is 0 Å². The third kappa shape index (κ3) is 2.44. The van der Waals surface area contributed by atoms with Gasteiger partial charge in [-0.05, 0) is 35.7 Å². The molecule has 3 rings (SSSR count). The van der Waals surface area contributed by atoms with Crippen LogP contribution in [-0.2, 0) is 0 Å². The van der Waals surface area contributed by atoms with Crippen molar-refractivity contribution < 1.29 is 9.84 Å². The number of hydrogen-bond donors (Lipinski definition) is 2. The van der Waals surface area contributed by atoms with Crippen LogP contribution >= 0.6 is 0 Å². The van der Waals surface area contributed by atoms with Crippen molar-refractivity contribution in [1.29, 1.82) is 0 Å². The van der Waals surface area contributed by atoms with E-state index in [0.29, 0.717) is 12.5 Å². The Labute approximate surface area is 119 Å². The first-order valence-electron chi connectivity index (χ1n) is 6.95. The van der Waals surface area contributed by atoms with E-state index in [4.69, 9.17) is 4.74 Å². The fourth-order valence-corrected chi connectivity index (χ4v) is 2.48. The Balaban J connectivity index is 1.77. The Hall–Kier alpha value is -2.16. The molecule has 3 nitrogen and oxygen atoms in total. The predicted octanol–water partition coefficient (Wildman–Crippen LogP) is 4.06. The molecule has 1 heterocycles. The van der Waals surface area contributed by atoms with Crippen LogP contribution in [0.4, 0.5) is 5.69 Å². The maximum atomic E-state index is 9.45. The van der Waals surface area contributed by atoms with Gasteiger partial charge in [-0.3, -0.25) is 0 Å². The van der Waals surface area contributed by atoms with Gasteiger partial charge in [0.25, 0.3) is 0 Å². The highest BCUT2D eigenvalue weighted by Gasteiger charge is 2.24. The number of anilines is 1. The van der Waals surface area contributed by atoms with Crippen LogP contribution in [0.15, 0.2) is 42.5 Å². The van der Waals surface area contributed by atoms with E-state index < -0.39 is 0 Å². The van der Waals surface area contributed by atoms with Crippen LogP contribution in [0, 0.1) is 0 Å². The van der Waals surface area contributed by atoms with E-state index in [1.807, 2.05) is 6.07 Å². The van der Waals surface area contributed by atoms with Crippen LogP contribution in [0.5, 0.6) is 11.5 Å².